The third kappa shape index (κ3) is 2.58. The van der Waals surface area contributed by atoms with Gasteiger partial charge in [0.1, 0.15) is 11.4 Å². The Balaban J connectivity index is 1.97. The highest BCUT2D eigenvalue weighted by Crippen LogP contribution is 2.16. The summed E-state index contributed by atoms with van der Waals surface area (Å²) >= 11 is 0. The average Bonchev–Trinajstić information content (AvgIpc) is 2.68. The minimum atomic E-state index is -0.141. The SMILES string of the molecule is CC1CN(C)CCC1NC(=O)c1cn[nH]c1N. The van der Waals surface area contributed by atoms with Crippen LogP contribution < -0.4 is 11.1 Å². The van der Waals surface area contributed by atoms with Gasteiger partial charge in [-0.05, 0) is 25.9 Å². The number of nitrogens with two attached hydrogens (primary N) is 1. The first-order chi connectivity index (χ1) is 8.08. The molecule has 0 saturated carbocycles. The van der Waals surface area contributed by atoms with E-state index in [-0.39, 0.29) is 11.9 Å². The van der Waals surface area contributed by atoms with Crippen molar-refractivity contribution in [3.8, 4) is 0 Å². The molecule has 1 fully saturated rings. The van der Waals surface area contributed by atoms with E-state index in [2.05, 4.69) is 34.4 Å². The van der Waals surface area contributed by atoms with Crippen LogP contribution in [0, 0.1) is 5.92 Å². The first kappa shape index (κ1) is 11.9. The third-order valence-corrected chi connectivity index (χ3v) is 3.34. The van der Waals surface area contributed by atoms with Crippen LogP contribution in [0.25, 0.3) is 0 Å². The van der Waals surface area contributed by atoms with Crippen LogP contribution in [-0.2, 0) is 0 Å². The van der Waals surface area contributed by atoms with Crippen LogP contribution in [-0.4, -0.2) is 47.2 Å². The molecule has 17 heavy (non-hydrogen) atoms. The lowest BCUT2D eigenvalue weighted by Gasteiger charge is -2.35. The van der Waals surface area contributed by atoms with Crippen LogP contribution in [0.1, 0.15) is 23.7 Å². The number of likely N-dealkylation sites (tertiary alicyclic amines) is 1. The van der Waals surface area contributed by atoms with Gasteiger partial charge in [-0.2, -0.15) is 5.10 Å². The molecule has 1 amide bonds. The molecule has 0 aliphatic carbocycles. The highest BCUT2D eigenvalue weighted by Gasteiger charge is 2.26. The van der Waals surface area contributed by atoms with Crippen LogP contribution in [0.3, 0.4) is 0 Å². The number of nitrogen functional groups attached to an aromatic ring is 1. The van der Waals surface area contributed by atoms with E-state index in [4.69, 9.17) is 5.73 Å². The summed E-state index contributed by atoms with van der Waals surface area (Å²) in [5, 5.41) is 9.34. The lowest BCUT2D eigenvalue weighted by Crippen LogP contribution is -2.48. The molecule has 1 aliphatic heterocycles. The van der Waals surface area contributed by atoms with Crippen LogP contribution in [0.5, 0.6) is 0 Å². The van der Waals surface area contributed by atoms with E-state index in [0.717, 1.165) is 19.5 Å². The van der Waals surface area contributed by atoms with Crippen molar-refractivity contribution < 1.29 is 4.79 Å². The zero-order chi connectivity index (χ0) is 12.4. The number of carbonyl (C=O) groups is 1. The van der Waals surface area contributed by atoms with Gasteiger partial charge in [0.25, 0.3) is 5.91 Å². The Labute approximate surface area is 101 Å². The molecule has 0 bridgehead atoms. The Morgan fingerprint density at radius 1 is 1.71 bits per heavy atom. The number of aromatic amines is 1. The second-order valence-electron chi connectivity index (χ2n) is 4.81. The number of nitrogens with zero attached hydrogens (tertiary/aromatic N) is 2. The van der Waals surface area contributed by atoms with Crippen LogP contribution in [0.4, 0.5) is 5.82 Å². The molecule has 2 rings (SSSR count). The first-order valence-electron chi connectivity index (χ1n) is 5.86. The Bertz CT molecular complexity index is 402. The van der Waals surface area contributed by atoms with Crippen molar-refractivity contribution in [2.75, 3.05) is 25.9 Å². The van der Waals surface area contributed by atoms with E-state index in [1.807, 2.05) is 0 Å². The van der Waals surface area contributed by atoms with E-state index in [1.165, 1.54) is 6.20 Å². The van der Waals surface area contributed by atoms with Crippen LogP contribution in [0.2, 0.25) is 0 Å². The lowest BCUT2D eigenvalue weighted by molar-refractivity contribution is 0.0885. The normalized spacial score (nSPS) is 25.8. The highest BCUT2D eigenvalue weighted by molar-refractivity contribution is 5.98. The van der Waals surface area contributed by atoms with Crippen molar-refractivity contribution in [2.24, 2.45) is 5.92 Å². The molecular formula is C11H19N5O. The number of hydrogen-bond donors (Lipinski definition) is 3. The zero-order valence-corrected chi connectivity index (χ0v) is 10.2. The monoisotopic (exact) mass is 237 g/mol. The number of carbonyl (C=O) groups excluding carboxylic acids is 1. The fourth-order valence-corrected chi connectivity index (χ4v) is 2.29. The lowest BCUT2D eigenvalue weighted by atomic mass is 9.94. The van der Waals surface area contributed by atoms with E-state index < -0.39 is 0 Å². The number of amides is 1. The molecule has 2 unspecified atom stereocenters. The number of aromatic nitrogens is 2. The van der Waals surface area contributed by atoms with E-state index in [0.29, 0.717) is 17.3 Å². The Morgan fingerprint density at radius 3 is 3.06 bits per heavy atom. The third-order valence-electron chi connectivity index (χ3n) is 3.34. The van der Waals surface area contributed by atoms with Crippen molar-refractivity contribution in [3.05, 3.63) is 11.8 Å². The summed E-state index contributed by atoms with van der Waals surface area (Å²) in [5.41, 5.74) is 6.04. The number of H-pyrrole nitrogens is 1. The smallest absolute Gasteiger partial charge is 0.256 e. The highest BCUT2D eigenvalue weighted by atomic mass is 16.1. The van der Waals surface area contributed by atoms with Gasteiger partial charge in [0.2, 0.25) is 0 Å². The number of nitrogens with one attached hydrogen (secondary N) is 2. The minimum Gasteiger partial charge on any atom is -0.383 e. The predicted octanol–water partition coefficient (Wildman–Crippen LogP) is 0.0619. The molecule has 1 saturated heterocycles. The Morgan fingerprint density at radius 2 is 2.47 bits per heavy atom. The molecule has 1 aliphatic rings. The molecule has 2 heterocycles. The molecular weight excluding hydrogens is 218 g/mol. The zero-order valence-electron chi connectivity index (χ0n) is 10.2. The largest absolute Gasteiger partial charge is 0.383 e. The maximum atomic E-state index is 12.0. The molecule has 2 atom stereocenters. The first-order valence-corrected chi connectivity index (χ1v) is 5.86. The molecule has 0 spiro atoms. The van der Waals surface area contributed by atoms with Crippen molar-refractivity contribution in [2.45, 2.75) is 19.4 Å². The van der Waals surface area contributed by atoms with Gasteiger partial charge in [-0.3, -0.25) is 9.89 Å². The van der Waals surface area contributed by atoms with E-state index >= 15 is 0 Å². The van der Waals surface area contributed by atoms with Crippen LogP contribution >= 0.6 is 0 Å². The van der Waals surface area contributed by atoms with Gasteiger partial charge in [-0.25, -0.2) is 0 Å². The molecule has 94 valence electrons. The standard InChI is InChI=1S/C11H19N5O/c1-7-6-16(2)4-3-9(7)14-11(17)8-5-13-15-10(8)12/h5,7,9H,3-4,6H2,1-2H3,(H,14,17)(H3,12,13,15). The summed E-state index contributed by atoms with van der Waals surface area (Å²) < 4.78 is 0. The quantitative estimate of drug-likeness (QED) is 0.679. The van der Waals surface area contributed by atoms with E-state index in [1.54, 1.807) is 0 Å². The molecule has 1 aromatic heterocycles. The van der Waals surface area contributed by atoms with Crippen molar-refractivity contribution in [1.82, 2.24) is 20.4 Å². The van der Waals surface area contributed by atoms with Gasteiger partial charge < -0.3 is 16.0 Å². The van der Waals surface area contributed by atoms with Gasteiger partial charge in [0.15, 0.2) is 0 Å². The molecule has 0 radical (unpaired) electrons. The predicted molar refractivity (Wildman–Crippen MR) is 65.5 cm³/mol. The van der Waals surface area contributed by atoms with Crippen LogP contribution in [0.15, 0.2) is 6.20 Å². The van der Waals surface area contributed by atoms with Gasteiger partial charge in [0, 0.05) is 12.6 Å². The summed E-state index contributed by atoms with van der Waals surface area (Å²) in [6.45, 7) is 4.17. The summed E-state index contributed by atoms with van der Waals surface area (Å²) in [6, 6.07) is 0.216. The second-order valence-corrected chi connectivity index (χ2v) is 4.81. The van der Waals surface area contributed by atoms with Gasteiger partial charge >= 0.3 is 0 Å². The van der Waals surface area contributed by atoms with Crippen molar-refractivity contribution in [3.63, 3.8) is 0 Å². The van der Waals surface area contributed by atoms with E-state index in [9.17, 15) is 4.79 Å². The fourth-order valence-electron chi connectivity index (χ4n) is 2.29. The van der Waals surface area contributed by atoms with Crippen molar-refractivity contribution >= 4 is 11.7 Å². The van der Waals surface area contributed by atoms with Gasteiger partial charge in [-0.1, -0.05) is 6.92 Å². The summed E-state index contributed by atoms with van der Waals surface area (Å²) in [4.78, 5) is 14.2. The number of anilines is 1. The molecule has 6 heteroatoms. The maximum Gasteiger partial charge on any atom is 0.256 e. The minimum absolute atomic E-state index is 0.141. The Hall–Kier alpha value is -1.56. The summed E-state index contributed by atoms with van der Waals surface area (Å²) in [5.74, 6) is 0.631. The summed E-state index contributed by atoms with van der Waals surface area (Å²) in [7, 11) is 2.10. The average molecular weight is 237 g/mol. The molecule has 0 aromatic carbocycles. The molecule has 4 N–H and O–H groups in total. The van der Waals surface area contributed by atoms with Crippen molar-refractivity contribution in [1.29, 1.82) is 0 Å². The topological polar surface area (TPSA) is 87.0 Å². The maximum absolute atomic E-state index is 12.0. The number of hydrogen-bond acceptors (Lipinski definition) is 4. The molecule has 6 nitrogen and oxygen atoms in total. The fraction of sp³-hybridized carbons (Fsp3) is 0.636. The second kappa shape index (κ2) is 4.75. The summed E-state index contributed by atoms with van der Waals surface area (Å²) in [6.07, 6.45) is 2.44. The number of piperidine rings is 1. The van der Waals surface area contributed by atoms with Gasteiger partial charge in [0.05, 0.1) is 6.20 Å². The number of rotatable bonds is 2. The Kier molecular flexibility index (Phi) is 3.33. The van der Waals surface area contributed by atoms with Gasteiger partial charge in [-0.15, -0.1) is 0 Å². The molecule has 1 aromatic rings.